The fourth-order valence-electron chi connectivity index (χ4n) is 3.55. The van der Waals surface area contributed by atoms with Gasteiger partial charge < -0.3 is 15.2 Å². The highest BCUT2D eigenvalue weighted by atomic mass is 16.5. The highest BCUT2D eigenvalue weighted by Crippen LogP contribution is 2.31. The molecule has 1 fully saturated rings. The molecule has 0 amide bonds. The first-order chi connectivity index (χ1) is 13.2. The van der Waals surface area contributed by atoms with Gasteiger partial charge in [-0.15, -0.1) is 0 Å². The van der Waals surface area contributed by atoms with Gasteiger partial charge in [-0.05, 0) is 36.8 Å². The molecule has 6 heteroatoms. The lowest BCUT2D eigenvalue weighted by Gasteiger charge is -2.21. The van der Waals surface area contributed by atoms with Crippen LogP contribution < -0.4 is 5.73 Å². The van der Waals surface area contributed by atoms with E-state index >= 15 is 0 Å². The van der Waals surface area contributed by atoms with Gasteiger partial charge in [-0.25, -0.2) is 0 Å². The average molecular weight is 361 g/mol. The van der Waals surface area contributed by atoms with E-state index in [-0.39, 0.29) is 12.0 Å². The Morgan fingerprint density at radius 3 is 2.48 bits per heavy atom. The number of rotatable bonds is 5. The summed E-state index contributed by atoms with van der Waals surface area (Å²) in [6, 6.07) is 18.7. The Labute approximate surface area is 158 Å². The van der Waals surface area contributed by atoms with E-state index in [1.54, 1.807) is 0 Å². The molecule has 27 heavy (non-hydrogen) atoms. The number of aromatic nitrogens is 2. The Morgan fingerprint density at radius 2 is 1.78 bits per heavy atom. The number of guanidine groups is 1. The van der Waals surface area contributed by atoms with E-state index in [4.69, 9.17) is 15.7 Å². The van der Waals surface area contributed by atoms with Crippen molar-refractivity contribution in [2.45, 2.75) is 31.7 Å². The summed E-state index contributed by atoms with van der Waals surface area (Å²) in [6.45, 7) is 0.758. The Bertz CT molecular complexity index is 904. The van der Waals surface area contributed by atoms with Gasteiger partial charge in [0.15, 0.2) is 5.96 Å². The number of benzene rings is 2. The van der Waals surface area contributed by atoms with E-state index in [1.807, 2.05) is 23.1 Å². The van der Waals surface area contributed by atoms with E-state index in [0.29, 0.717) is 11.7 Å². The molecule has 0 spiro atoms. The number of hydrogen-bond donors (Lipinski definition) is 2. The van der Waals surface area contributed by atoms with Gasteiger partial charge in [0.2, 0.25) is 11.7 Å². The third kappa shape index (κ3) is 3.84. The van der Waals surface area contributed by atoms with Gasteiger partial charge >= 0.3 is 0 Å². The van der Waals surface area contributed by atoms with E-state index in [2.05, 4.69) is 46.5 Å². The Morgan fingerprint density at radius 1 is 1.07 bits per heavy atom. The summed E-state index contributed by atoms with van der Waals surface area (Å²) in [5.41, 5.74) is 9.21. The Kier molecular flexibility index (Phi) is 4.87. The van der Waals surface area contributed by atoms with Crippen molar-refractivity contribution in [2.24, 2.45) is 5.73 Å². The van der Waals surface area contributed by atoms with Crippen molar-refractivity contribution in [1.29, 1.82) is 5.41 Å². The summed E-state index contributed by atoms with van der Waals surface area (Å²) in [6.07, 6.45) is 3.87. The maximum Gasteiger partial charge on any atom is 0.249 e. The van der Waals surface area contributed by atoms with Crippen molar-refractivity contribution >= 4 is 5.96 Å². The first-order valence-corrected chi connectivity index (χ1v) is 9.28. The second kappa shape index (κ2) is 7.61. The maximum absolute atomic E-state index is 7.68. The zero-order chi connectivity index (χ0) is 18.6. The number of nitrogens with one attached hydrogen (secondary N) is 1. The van der Waals surface area contributed by atoms with Crippen molar-refractivity contribution < 1.29 is 4.52 Å². The van der Waals surface area contributed by atoms with Crippen LogP contribution in [0.1, 0.15) is 35.9 Å². The second-order valence-electron chi connectivity index (χ2n) is 6.88. The van der Waals surface area contributed by atoms with Crippen LogP contribution in [0, 0.1) is 5.41 Å². The molecule has 6 nitrogen and oxygen atoms in total. The third-order valence-corrected chi connectivity index (χ3v) is 5.05. The van der Waals surface area contributed by atoms with Gasteiger partial charge in [-0.2, -0.15) is 4.98 Å². The highest BCUT2D eigenvalue weighted by molar-refractivity contribution is 5.75. The van der Waals surface area contributed by atoms with Crippen molar-refractivity contribution in [3.63, 3.8) is 0 Å². The van der Waals surface area contributed by atoms with E-state index in [1.165, 1.54) is 11.1 Å². The summed E-state index contributed by atoms with van der Waals surface area (Å²) in [4.78, 5) is 6.36. The van der Waals surface area contributed by atoms with Crippen LogP contribution in [0.25, 0.3) is 11.4 Å². The smallest absolute Gasteiger partial charge is 0.249 e. The lowest BCUT2D eigenvalue weighted by molar-refractivity contribution is 0.283. The Balaban J connectivity index is 1.43. The van der Waals surface area contributed by atoms with Crippen LogP contribution in [0.3, 0.4) is 0 Å². The summed E-state index contributed by atoms with van der Waals surface area (Å²) in [5, 5.41) is 11.8. The van der Waals surface area contributed by atoms with E-state index < -0.39 is 0 Å². The van der Waals surface area contributed by atoms with Crippen molar-refractivity contribution in [3.05, 3.63) is 71.6 Å². The van der Waals surface area contributed by atoms with E-state index in [9.17, 15) is 0 Å². The minimum atomic E-state index is -0.0890. The first kappa shape index (κ1) is 17.3. The van der Waals surface area contributed by atoms with Crippen LogP contribution in [0.5, 0.6) is 0 Å². The average Bonchev–Trinajstić information content (AvgIpc) is 3.37. The van der Waals surface area contributed by atoms with Crippen LogP contribution in [-0.4, -0.2) is 27.5 Å². The Hall–Kier alpha value is -3.15. The first-order valence-electron chi connectivity index (χ1n) is 9.28. The molecule has 0 saturated carbocycles. The third-order valence-electron chi connectivity index (χ3n) is 5.05. The highest BCUT2D eigenvalue weighted by Gasteiger charge is 2.31. The number of nitrogens with two attached hydrogens (primary N) is 1. The summed E-state index contributed by atoms with van der Waals surface area (Å²) < 4.78 is 5.46. The van der Waals surface area contributed by atoms with Crippen LogP contribution >= 0.6 is 0 Å². The molecule has 1 aliphatic heterocycles. The molecule has 138 valence electrons. The predicted octanol–water partition coefficient (Wildman–Crippen LogP) is 3.55. The van der Waals surface area contributed by atoms with Crippen molar-refractivity contribution in [3.8, 4) is 11.4 Å². The summed E-state index contributed by atoms with van der Waals surface area (Å²) in [5.74, 6) is 1.17. The topological polar surface area (TPSA) is 92.0 Å². The van der Waals surface area contributed by atoms with Gasteiger partial charge in [0.25, 0.3) is 0 Å². The molecule has 1 atom stereocenters. The van der Waals surface area contributed by atoms with Gasteiger partial charge in [-0.3, -0.25) is 5.41 Å². The van der Waals surface area contributed by atoms with Gasteiger partial charge in [0.05, 0.1) is 0 Å². The molecule has 2 aromatic carbocycles. The lowest BCUT2D eigenvalue weighted by atomic mass is 10.0. The van der Waals surface area contributed by atoms with Gasteiger partial charge in [-0.1, -0.05) is 59.8 Å². The fourth-order valence-corrected chi connectivity index (χ4v) is 3.55. The molecule has 0 aliphatic carbocycles. The van der Waals surface area contributed by atoms with Crippen LogP contribution in [0.2, 0.25) is 0 Å². The van der Waals surface area contributed by atoms with Crippen LogP contribution in [-0.2, 0) is 12.8 Å². The normalized spacial score (nSPS) is 16.6. The molecular weight excluding hydrogens is 338 g/mol. The molecule has 2 heterocycles. The van der Waals surface area contributed by atoms with Gasteiger partial charge in [0.1, 0.15) is 6.04 Å². The number of aryl methyl sites for hydroxylation is 2. The van der Waals surface area contributed by atoms with Crippen molar-refractivity contribution in [2.75, 3.05) is 6.54 Å². The number of nitrogens with zero attached hydrogens (tertiary/aromatic N) is 3. The maximum atomic E-state index is 7.68. The molecular formula is C21H23N5O. The number of likely N-dealkylation sites (tertiary alicyclic amines) is 1. The summed E-state index contributed by atoms with van der Waals surface area (Å²) >= 11 is 0. The molecule has 3 aromatic rings. The van der Waals surface area contributed by atoms with Gasteiger partial charge in [0, 0.05) is 12.1 Å². The van der Waals surface area contributed by atoms with Crippen LogP contribution in [0.4, 0.5) is 0 Å². The molecule has 0 radical (unpaired) electrons. The second-order valence-corrected chi connectivity index (χ2v) is 6.88. The van der Waals surface area contributed by atoms with Crippen LogP contribution in [0.15, 0.2) is 59.1 Å². The largest absolute Gasteiger partial charge is 0.370 e. The monoisotopic (exact) mass is 361 g/mol. The molecule has 3 N–H and O–H groups in total. The molecule has 1 saturated heterocycles. The summed E-state index contributed by atoms with van der Waals surface area (Å²) in [7, 11) is 0. The molecule has 4 rings (SSSR count). The standard InChI is InChI=1S/C21H23N5O/c22-21(23)26-14-4-7-18(26)20-24-19(25-27-20)17-12-10-16(11-13-17)9-8-15-5-2-1-3-6-15/h1-3,5-6,10-13,18H,4,7-9,14H2,(H3,22,23)/t18-/m0/s1. The molecule has 1 aromatic heterocycles. The number of hydrogen-bond acceptors (Lipinski definition) is 4. The molecule has 0 bridgehead atoms. The quantitative estimate of drug-likeness (QED) is 0.535. The van der Waals surface area contributed by atoms with Crippen molar-refractivity contribution in [1.82, 2.24) is 15.0 Å². The van der Waals surface area contributed by atoms with E-state index in [0.717, 1.165) is 37.8 Å². The predicted molar refractivity (Wildman–Crippen MR) is 104 cm³/mol. The zero-order valence-corrected chi connectivity index (χ0v) is 15.1. The minimum absolute atomic E-state index is 0.0556. The SMILES string of the molecule is N=C(N)N1CCC[C@H]1c1nc(-c2ccc(CCc3ccccc3)cc2)no1. The molecule has 0 unspecified atom stereocenters. The molecule has 1 aliphatic rings. The fraction of sp³-hybridized carbons (Fsp3) is 0.286. The zero-order valence-electron chi connectivity index (χ0n) is 15.1. The lowest BCUT2D eigenvalue weighted by Crippen LogP contribution is -2.35. The minimum Gasteiger partial charge on any atom is -0.370 e.